The van der Waals surface area contributed by atoms with E-state index in [1.165, 1.54) is 19.3 Å². The van der Waals surface area contributed by atoms with E-state index in [0.717, 1.165) is 24.8 Å². The van der Waals surface area contributed by atoms with Crippen molar-refractivity contribution in [2.45, 2.75) is 26.2 Å². The minimum atomic E-state index is 0.639. The van der Waals surface area contributed by atoms with Crippen molar-refractivity contribution in [2.24, 2.45) is 11.8 Å². The minimum absolute atomic E-state index is 0.639. The topological polar surface area (TPSA) is 27.1 Å². The number of likely N-dealkylation sites (tertiary alicyclic amines) is 1. The van der Waals surface area contributed by atoms with Crippen molar-refractivity contribution in [3.63, 3.8) is 0 Å². The molecular formula is C9H16N2. The van der Waals surface area contributed by atoms with E-state index in [4.69, 9.17) is 5.41 Å². The van der Waals surface area contributed by atoms with Crippen LogP contribution in [0.5, 0.6) is 0 Å². The van der Waals surface area contributed by atoms with Crippen molar-refractivity contribution in [1.82, 2.24) is 4.90 Å². The fourth-order valence-electron chi connectivity index (χ4n) is 1.77. The summed E-state index contributed by atoms with van der Waals surface area (Å²) >= 11 is 0. The highest BCUT2D eigenvalue weighted by Gasteiger charge is 2.32. The average Bonchev–Trinajstić information content (AvgIpc) is 2.74. The standard InChI is InChI=1S/C9H16N2/c1-7-4-5-11(6-7)9(10)8-2-3-8/h7-8,10H,2-6H2,1H3. The number of nitrogens with one attached hydrogen (secondary N) is 1. The Morgan fingerprint density at radius 3 is 2.55 bits per heavy atom. The zero-order valence-corrected chi connectivity index (χ0v) is 7.14. The summed E-state index contributed by atoms with van der Waals surface area (Å²) in [5.74, 6) is 2.38. The molecule has 11 heavy (non-hydrogen) atoms. The molecule has 1 aliphatic heterocycles. The molecular weight excluding hydrogens is 136 g/mol. The monoisotopic (exact) mass is 152 g/mol. The van der Waals surface area contributed by atoms with E-state index in [1.807, 2.05) is 0 Å². The Hall–Kier alpha value is -0.530. The molecule has 1 heterocycles. The van der Waals surface area contributed by atoms with Crippen LogP contribution in [0.4, 0.5) is 0 Å². The molecule has 1 saturated heterocycles. The predicted molar refractivity (Wildman–Crippen MR) is 45.8 cm³/mol. The second-order valence-corrected chi connectivity index (χ2v) is 4.00. The van der Waals surface area contributed by atoms with Gasteiger partial charge in [0.25, 0.3) is 0 Å². The van der Waals surface area contributed by atoms with Crippen LogP contribution in [0.3, 0.4) is 0 Å². The summed E-state index contributed by atoms with van der Waals surface area (Å²) in [4.78, 5) is 2.27. The largest absolute Gasteiger partial charge is 0.360 e. The molecule has 2 fully saturated rings. The summed E-state index contributed by atoms with van der Waals surface area (Å²) in [6, 6.07) is 0. The normalized spacial score (nSPS) is 31.0. The summed E-state index contributed by atoms with van der Waals surface area (Å²) < 4.78 is 0. The Labute approximate surface area is 68.1 Å². The van der Waals surface area contributed by atoms with Gasteiger partial charge in [0.15, 0.2) is 0 Å². The van der Waals surface area contributed by atoms with E-state index in [0.29, 0.717) is 5.92 Å². The maximum atomic E-state index is 7.82. The Bertz CT molecular complexity index is 172. The number of hydrogen-bond donors (Lipinski definition) is 1. The maximum Gasteiger partial charge on any atom is 0.0989 e. The van der Waals surface area contributed by atoms with Crippen LogP contribution in [0.25, 0.3) is 0 Å². The lowest BCUT2D eigenvalue weighted by atomic mass is 10.2. The molecule has 1 N–H and O–H groups in total. The summed E-state index contributed by atoms with van der Waals surface area (Å²) in [6.45, 7) is 4.55. The molecule has 2 aliphatic rings. The molecule has 0 amide bonds. The van der Waals surface area contributed by atoms with Crippen LogP contribution < -0.4 is 0 Å². The van der Waals surface area contributed by atoms with Crippen molar-refractivity contribution in [3.05, 3.63) is 0 Å². The predicted octanol–water partition coefficient (Wildman–Crippen LogP) is 1.72. The third-order valence-corrected chi connectivity index (χ3v) is 2.73. The van der Waals surface area contributed by atoms with Crippen LogP contribution >= 0.6 is 0 Å². The highest BCUT2D eigenvalue weighted by Crippen LogP contribution is 2.32. The first-order chi connectivity index (χ1) is 5.27. The summed E-state index contributed by atoms with van der Waals surface area (Å²) in [5, 5.41) is 7.82. The molecule has 1 saturated carbocycles. The van der Waals surface area contributed by atoms with Gasteiger partial charge < -0.3 is 4.90 Å². The molecule has 0 spiro atoms. The van der Waals surface area contributed by atoms with Crippen molar-refractivity contribution < 1.29 is 0 Å². The van der Waals surface area contributed by atoms with Gasteiger partial charge in [0.1, 0.15) is 0 Å². The van der Waals surface area contributed by atoms with Gasteiger partial charge in [-0.2, -0.15) is 0 Å². The molecule has 62 valence electrons. The second kappa shape index (κ2) is 2.50. The Kier molecular flexibility index (Phi) is 1.63. The summed E-state index contributed by atoms with van der Waals surface area (Å²) in [7, 11) is 0. The van der Waals surface area contributed by atoms with Gasteiger partial charge in [-0.3, -0.25) is 5.41 Å². The lowest BCUT2D eigenvalue weighted by Crippen LogP contribution is -2.28. The van der Waals surface area contributed by atoms with Crippen LogP contribution in [0.15, 0.2) is 0 Å². The van der Waals surface area contributed by atoms with Crippen molar-refractivity contribution in [2.75, 3.05) is 13.1 Å². The quantitative estimate of drug-likeness (QED) is 0.449. The molecule has 0 aromatic heterocycles. The number of hydrogen-bond acceptors (Lipinski definition) is 1. The van der Waals surface area contributed by atoms with Crippen LogP contribution in [0, 0.1) is 17.2 Å². The van der Waals surface area contributed by atoms with Crippen molar-refractivity contribution >= 4 is 5.84 Å². The molecule has 1 unspecified atom stereocenters. The Morgan fingerprint density at radius 2 is 2.09 bits per heavy atom. The summed E-state index contributed by atoms with van der Waals surface area (Å²) in [5.41, 5.74) is 0. The first-order valence-electron chi connectivity index (χ1n) is 4.61. The van der Waals surface area contributed by atoms with Gasteiger partial charge in [0.2, 0.25) is 0 Å². The number of amidine groups is 1. The van der Waals surface area contributed by atoms with Crippen molar-refractivity contribution in [3.8, 4) is 0 Å². The molecule has 0 aromatic rings. The third-order valence-electron chi connectivity index (χ3n) is 2.73. The molecule has 2 nitrogen and oxygen atoms in total. The Balaban J connectivity index is 1.89. The molecule has 0 bridgehead atoms. The average molecular weight is 152 g/mol. The summed E-state index contributed by atoms with van der Waals surface area (Å²) in [6.07, 6.45) is 3.82. The smallest absolute Gasteiger partial charge is 0.0989 e. The lowest BCUT2D eigenvalue weighted by Gasteiger charge is -2.18. The molecule has 0 aromatic carbocycles. The second-order valence-electron chi connectivity index (χ2n) is 4.00. The van der Waals surface area contributed by atoms with Crippen LogP contribution in [0.2, 0.25) is 0 Å². The molecule has 1 aliphatic carbocycles. The Morgan fingerprint density at radius 1 is 1.36 bits per heavy atom. The highest BCUT2D eigenvalue weighted by atomic mass is 15.2. The lowest BCUT2D eigenvalue weighted by molar-refractivity contribution is 0.477. The van der Waals surface area contributed by atoms with Crippen LogP contribution in [-0.2, 0) is 0 Å². The van der Waals surface area contributed by atoms with Gasteiger partial charge in [0, 0.05) is 19.0 Å². The van der Waals surface area contributed by atoms with E-state index in [1.54, 1.807) is 0 Å². The van der Waals surface area contributed by atoms with Gasteiger partial charge >= 0.3 is 0 Å². The van der Waals surface area contributed by atoms with E-state index in [-0.39, 0.29) is 0 Å². The van der Waals surface area contributed by atoms with Gasteiger partial charge in [-0.1, -0.05) is 6.92 Å². The van der Waals surface area contributed by atoms with Crippen molar-refractivity contribution in [1.29, 1.82) is 5.41 Å². The van der Waals surface area contributed by atoms with Gasteiger partial charge in [-0.05, 0) is 25.2 Å². The number of rotatable bonds is 1. The maximum absolute atomic E-state index is 7.82. The van der Waals surface area contributed by atoms with E-state index < -0.39 is 0 Å². The van der Waals surface area contributed by atoms with Gasteiger partial charge in [0.05, 0.1) is 5.84 Å². The van der Waals surface area contributed by atoms with E-state index >= 15 is 0 Å². The molecule has 2 heteroatoms. The highest BCUT2D eigenvalue weighted by molar-refractivity contribution is 5.83. The van der Waals surface area contributed by atoms with Gasteiger partial charge in [-0.25, -0.2) is 0 Å². The fraction of sp³-hybridized carbons (Fsp3) is 0.889. The minimum Gasteiger partial charge on any atom is -0.360 e. The molecule has 1 atom stereocenters. The molecule has 0 radical (unpaired) electrons. The van der Waals surface area contributed by atoms with Crippen LogP contribution in [0.1, 0.15) is 26.2 Å². The SMILES string of the molecule is CC1CCN(C(=N)C2CC2)C1. The zero-order valence-electron chi connectivity index (χ0n) is 7.14. The fourth-order valence-corrected chi connectivity index (χ4v) is 1.77. The molecule has 2 rings (SSSR count). The third kappa shape index (κ3) is 1.39. The van der Waals surface area contributed by atoms with Gasteiger partial charge in [-0.15, -0.1) is 0 Å². The van der Waals surface area contributed by atoms with E-state index in [2.05, 4.69) is 11.8 Å². The number of nitrogens with zero attached hydrogens (tertiary/aromatic N) is 1. The zero-order chi connectivity index (χ0) is 7.84. The van der Waals surface area contributed by atoms with E-state index in [9.17, 15) is 0 Å². The first-order valence-corrected chi connectivity index (χ1v) is 4.61. The first kappa shape index (κ1) is 7.14. The van der Waals surface area contributed by atoms with Crippen LogP contribution in [-0.4, -0.2) is 23.8 Å².